The highest BCUT2D eigenvalue weighted by Gasteiger charge is 2.20. The SMILES string of the molecule is Cc1cc(NC(=O)[C@@H](C)N(C)Cc2ccc(Br)o2)on1. The van der Waals surface area contributed by atoms with Crippen molar-refractivity contribution in [1.29, 1.82) is 0 Å². The fourth-order valence-corrected chi connectivity index (χ4v) is 2.01. The van der Waals surface area contributed by atoms with E-state index >= 15 is 0 Å². The molecule has 0 spiro atoms. The van der Waals surface area contributed by atoms with Crippen LogP contribution in [0.2, 0.25) is 0 Å². The molecule has 2 heterocycles. The molecule has 20 heavy (non-hydrogen) atoms. The molecule has 1 N–H and O–H groups in total. The second kappa shape index (κ2) is 6.23. The lowest BCUT2D eigenvalue weighted by Gasteiger charge is -2.22. The molecule has 0 saturated heterocycles. The molecule has 0 saturated carbocycles. The molecule has 6 nitrogen and oxygen atoms in total. The van der Waals surface area contributed by atoms with Crippen molar-refractivity contribution in [3.8, 4) is 0 Å². The number of furan rings is 1. The fraction of sp³-hybridized carbons (Fsp3) is 0.385. The summed E-state index contributed by atoms with van der Waals surface area (Å²) in [5.74, 6) is 0.984. The third kappa shape index (κ3) is 3.71. The Labute approximate surface area is 125 Å². The molecule has 7 heteroatoms. The maximum atomic E-state index is 12.1. The van der Waals surface area contributed by atoms with Gasteiger partial charge in [0.1, 0.15) is 5.76 Å². The molecule has 0 bridgehead atoms. The van der Waals surface area contributed by atoms with Crippen molar-refractivity contribution in [2.24, 2.45) is 0 Å². The molecule has 2 rings (SSSR count). The molecular formula is C13H16BrN3O3. The molecule has 1 amide bonds. The van der Waals surface area contributed by atoms with E-state index in [1.807, 2.05) is 31.0 Å². The first-order valence-corrected chi connectivity index (χ1v) is 6.93. The second-order valence-corrected chi connectivity index (χ2v) is 5.40. The normalized spacial score (nSPS) is 12.7. The van der Waals surface area contributed by atoms with E-state index < -0.39 is 0 Å². The second-order valence-electron chi connectivity index (χ2n) is 4.62. The summed E-state index contributed by atoms with van der Waals surface area (Å²) < 4.78 is 11.1. The van der Waals surface area contributed by atoms with Crippen molar-refractivity contribution < 1.29 is 13.7 Å². The van der Waals surface area contributed by atoms with Gasteiger partial charge in [-0.15, -0.1) is 0 Å². The number of nitrogens with one attached hydrogen (secondary N) is 1. The van der Waals surface area contributed by atoms with Crippen LogP contribution in [0.15, 0.2) is 31.8 Å². The molecule has 1 atom stereocenters. The Balaban J connectivity index is 1.92. The summed E-state index contributed by atoms with van der Waals surface area (Å²) in [6.45, 7) is 4.15. The molecule has 2 aromatic rings. The number of carbonyl (C=O) groups is 1. The monoisotopic (exact) mass is 341 g/mol. The summed E-state index contributed by atoms with van der Waals surface area (Å²) in [6, 6.07) is 5.04. The van der Waals surface area contributed by atoms with Gasteiger partial charge in [0.05, 0.1) is 18.3 Å². The van der Waals surface area contributed by atoms with Gasteiger partial charge in [-0.3, -0.25) is 15.0 Å². The van der Waals surface area contributed by atoms with Crippen LogP contribution >= 0.6 is 15.9 Å². The number of anilines is 1. The molecule has 0 aliphatic carbocycles. The summed E-state index contributed by atoms with van der Waals surface area (Å²) in [4.78, 5) is 14.0. The van der Waals surface area contributed by atoms with Gasteiger partial charge in [-0.2, -0.15) is 0 Å². The van der Waals surface area contributed by atoms with Crippen molar-refractivity contribution in [3.63, 3.8) is 0 Å². The molecular weight excluding hydrogens is 326 g/mol. The standard InChI is InChI=1S/C13H16BrN3O3/c1-8-6-12(20-16-8)15-13(18)9(2)17(3)7-10-4-5-11(14)19-10/h4-6,9H,7H2,1-3H3,(H,15,18)/t9-/m1/s1. The minimum atomic E-state index is -0.329. The summed E-state index contributed by atoms with van der Waals surface area (Å²) in [5.41, 5.74) is 0.724. The third-order valence-corrected chi connectivity index (χ3v) is 3.38. The molecule has 0 unspecified atom stereocenters. The Morgan fingerprint density at radius 2 is 2.30 bits per heavy atom. The first-order valence-electron chi connectivity index (χ1n) is 6.14. The van der Waals surface area contributed by atoms with Crippen LogP contribution in [0.3, 0.4) is 0 Å². The number of amides is 1. The largest absolute Gasteiger partial charge is 0.453 e. The van der Waals surface area contributed by atoms with Crippen LogP contribution in [-0.4, -0.2) is 29.1 Å². The maximum Gasteiger partial charge on any atom is 0.243 e. The van der Waals surface area contributed by atoms with Crippen molar-refractivity contribution >= 4 is 27.7 Å². The minimum absolute atomic E-state index is 0.158. The number of aromatic nitrogens is 1. The average Bonchev–Trinajstić information content (AvgIpc) is 2.97. The number of hydrogen-bond donors (Lipinski definition) is 1. The number of aryl methyl sites for hydroxylation is 1. The quantitative estimate of drug-likeness (QED) is 0.905. The highest BCUT2D eigenvalue weighted by atomic mass is 79.9. The zero-order valence-corrected chi connectivity index (χ0v) is 13.1. The molecule has 0 aromatic carbocycles. The van der Waals surface area contributed by atoms with E-state index in [1.54, 1.807) is 13.0 Å². The highest BCUT2D eigenvalue weighted by Crippen LogP contribution is 2.16. The molecule has 108 valence electrons. The summed E-state index contributed by atoms with van der Waals surface area (Å²) in [7, 11) is 1.85. The molecule has 0 fully saturated rings. The Kier molecular flexibility index (Phi) is 4.61. The lowest BCUT2D eigenvalue weighted by molar-refractivity contribution is -0.120. The van der Waals surface area contributed by atoms with E-state index in [4.69, 9.17) is 8.94 Å². The molecule has 0 aliphatic heterocycles. The topological polar surface area (TPSA) is 71.5 Å². The van der Waals surface area contributed by atoms with Crippen LogP contribution < -0.4 is 5.32 Å². The zero-order valence-electron chi connectivity index (χ0n) is 11.5. The Hall–Kier alpha value is -1.60. The van der Waals surface area contributed by atoms with Gasteiger partial charge in [0.15, 0.2) is 4.67 Å². The lowest BCUT2D eigenvalue weighted by atomic mass is 10.2. The van der Waals surface area contributed by atoms with Crippen LogP contribution in [-0.2, 0) is 11.3 Å². The Morgan fingerprint density at radius 3 is 2.85 bits per heavy atom. The summed E-state index contributed by atoms with van der Waals surface area (Å²) in [6.07, 6.45) is 0. The summed E-state index contributed by atoms with van der Waals surface area (Å²) in [5, 5.41) is 6.41. The van der Waals surface area contributed by atoms with Crippen LogP contribution in [0.4, 0.5) is 5.88 Å². The van der Waals surface area contributed by atoms with Crippen molar-refractivity contribution in [3.05, 3.63) is 34.3 Å². The number of halogens is 1. The zero-order chi connectivity index (χ0) is 14.7. The van der Waals surface area contributed by atoms with E-state index in [2.05, 4.69) is 26.4 Å². The van der Waals surface area contributed by atoms with Gasteiger partial charge >= 0.3 is 0 Å². The van der Waals surface area contributed by atoms with E-state index in [1.165, 1.54) is 0 Å². The predicted molar refractivity (Wildman–Crippen MR) is 77.2 cm³/mol. The predicted octanol–water partition coefficient (Wildman–Crippen LogP) is 2.80. The van der Waals surface area contributed by atoms with Gasteiger partial charge in [-0.05, 0) is 49.0 Å². The van der Waals surface area contributed by atoms with E-state index in [0.717, 1.165) is 11.5 Å². The van der Waals surface area contributed by atoms with E-state index in [0.29, 0.717) is 17.1 Å². The molecule has 2 aromatic heterocycles. The van der Waals surface area contributed by atoms with Gasteiger partial charge in [-0.25, -0.2) is 0 Å². The van der Waals surface area contributed by atoms with Gasteiger partial charge in [0.2, 0.25) is 11.8 Å². The van der Waals surface area contributed by atoms with Crippen LogP contribution in [0.1, 0.15) is 18.4 Å². The first-order chi connectivity index (χ1) is 9.45. The number of likely N-dealkylation sites (N-methyl/N-ethyl adjacent to an activating group) is 1. The number of rotatable bonds is 5. The Morgan fingerprint density at radius 1 is 1.55 bits per heavy atom. The highest BCUT2D eigenvalue weighted by molar-refractivity contribution is 9.10. The van der Waals surface area contributed by atoms with E-state index in [9.17, 15) is 4.79 Å². The van der Waals surface area contributed by atoms with Crippen molar-refractivity contribution in [2.45, 2.75) is 26.4 Å². The number of carbonyl (C=O) groups excluding carboxylic acids is 1. The average molecular weight is 342 g/mol. The van der Waals surface area contributed by atoms with Gasteiger partial charge in [-0.1, -0.05) is 5.16 Å². The number of hydrogen-bond acceptors (Lipinski definition) is 5. The Bertz CT molecular complexity index is 593. The summed E-state index contributed by atoms with van der Waals surface area (Å²) >= 11 is 3.25. The molecule has 0 radical (unpaired) electrons. The molecule has 0 aliphatic rings. The van der Waals surface area contributed by atoms with Crippen molar-refractivity contribution in [2.75, 3.05) is 12.4 Å². The van der Waals surface area contributed by atoms with E-state index in [-0.39, 0.29) is 11.9 Å². The van der Waals surface area contributed by atoms with Crippen LogP contribution in [0.25, 0.3) is 0 Å². The smallest absolute Gasteiger partial charge is 0.243 e. The fourth-order valence-electron chi connectivity index (χ4n) is 1.67. The lowest BCUT2D eigenvalue weighted by Crippen LogP contribution is -2.39. The van der Waals surface area contributed by atoms with Crippen molar-refractivity contribution in [1.82, 2.24) is 10.1 Å². The number of nitrogens with zero attached hydrogens (tertiary/aromatic N) is 2. The van der Waals surface area contributed by atoms with Crippen LogP contribution in [0.5, 0.6) is 0 Å². The van der Waals surface area contributed by atoms with Gasteiger partial charge < -0.3 is 8.94 Å². The minimum Gasteiger partial charge on any atom is -0.453 e. The third-order valence-electron chi connectivity index (χ3n) is 2.95. The van der Waals surface area contributed by atoms with Gasteiger partial charge in [0, 0.05) is 6.07 Å². The van der Waals surface area contributed by atoms with Gasteiger partial charge in [0.25, 0.3) is 0 Å². The van der Waals surface area contributed by atoms with Crippen LogP contribution in [0, 0.1) is 6.92 Å². The first kappa shape index (κ1) is 14.8. The maximum absolute atomic E-state index is 12.1.